The lowest BCUT2D eigenvalue weighted by molar-refractivity contribution is 0.763. The predicted octanol–water partition coefficient (Wildman–Crippen LogP) is 5.10. The van der Waals surface area contributed by atoms with E-state index in [-0.39, 0.29) is 0 Å². The third-order valence-electron chi connectivity index (χ3n) is 4.19. The van der Waals surface area contributed by atoms with Crippen LogP contribution in [-0.4, -0.2) is 4.98 Å². The smallest absolute Gasteiger partial charge is 0.0519 e. The van der Waals surface area contributed by atoms with Gasteiger partial charge >= 0.3 is 0 Å². The third kappa shape index (κ3) is 2.32. The Kier molecular flexibility index (Phi) is 3.15. The molecule has 1 aliphatic carbocycles. The average molecular weight is 339 g/mol. The van der Waals surface area contributed by atoms with Crippen LogP contribution in [0.25, 0.3) is 10.8 Å². The molecule has 1 aromatic heterocycles. The van der Waals surface area contributed by atoms with Gasteiger partial charge in [-0.3, -0.25) is 4.98 Å². The topological polar surface area (TPSA) is 24.9 Å². The summed E-state index contributed by atoms with van der Waals surface area (Å²) < 4.78 is 1.16. The van der Waals surface area contributed by atoms with E-state index in [1.807, 2.05) is 12.4 Å². The molecule has 3 aromatic rings. The Morgan fingerprint density at radius 3 is 3.05 bits per heavy atom. The summed E-state index contributed by atoms with van der Waals surface area (Å²) >= 11 is 3.56. The van der Waals surface area contributed by atoms with Crippen molar-refractivity contribution in [3.05, 3.63) is 70.5 Å². The molecular weight excluding hydrogens is 324 g/mol. The van der Waals surface area contributed by atoms with Crippen LogP contribution in [-0.2, 0) is 6.42 Å². The van der Waals surface area contributed by atoms with Gasteiger partial charge in [-0.25, -0.2) is 0 Å². The van der Waals surface area contributed by atoms with Crippen LogP contribution in [0.3, 0.4) is 0 Å². The summed E-state index contributed by atoms with van der Waals surface area (Å²) in [5.41, 5.74) is 4.06. The molecule has 2 aromatic carbocycles. The number of fused-ring (bicyclic) bond motifs is 2. The van der Waals surface area contributed by atoms with Crippen LogP contribution in [0.2, 0.25) is 0 Å². The molecule has 21 heavy (non-hydrogen) atoms. The molecule has 1 heterocycles. The van der Waals surface area contributed by atoms with E-state index < -0.39 is 0 Å². The highest BCUT2D eigenvalue weighted by molar-refractivity contribution is 9.10. The molecule has 4 rings (SSSR count). The first-order valence-electron chi connectivity index (χ1n) is 7.19. The summed E-state index contributed by atoms with van der Waals surface area (Å²) in [4.78, 5) is 4.20. The van der Waals surface area contributed by atoms with Crippen LogP contribution in [0.1, 0.15) is 23.6 Å². The Balaban J connectivity index is 1.71. The first-order chi connectivity index (χ1) is 10.3. The highest BCUT2D eigenvalue weighted by atomic mass is 79.9. The number of anilines is 1. The van der Waals surface area contributed by atoms with Gasteiger partial charge in [0.15, 0.2) is 0 Å². The van der Waals surface area contributed by atoms with Crippen LogP contribution in [0.4, 0.5) is 5.69 Å². The van der Waals surface area contributed by atoms with Crippen molar-refractivity contribution in [2.24, 2.45) is 0 Å². The lowest BCUT2D eigenvalue weighted by Crippen LogP contribution is -2.07. The number of halogens is 1. The molecule has 2 nitrogen and oxygen atoms in total. The first-order valence-corrected chi connectivity index (χ1v) is 7.98. The van der Waals surface area contributed by atoms with Gasteiger partial charge in [-0.1, -0.05) is 34.1 Å². The molecule has 0 amide bonds. The fraction of sp³-hybridized carbons (Fsp3) is 0.167. The Labute approximate surface area is 132 Å². The minimum Gasteiger partial charge on any atom is -0.378 e. The van der Waals surface area contributed by atoms with Gasteiger partial charge in [0.25, 0.3) is 0 Å². The molecular formula is C18H15BrN2. The number of aryl methyl sites for hydroxylation is 1. The van der Waals surface area contributed by atoms with Gasteiger partial charge in [-0.2, -0.15) is 0 Å². The van der Waals surface area contributed by atoms with E-state index in [0.717, 1.165) is 17.3 Å². The first kappa shape index (κ1) is 12.8. The lowest BCUT2D eigenvalue weighted by Gasteiger charge is -2.17. The minimum absolute atomic E-state index is 0.395. The molecule has 0 spiro atoms. The molecule has 1 unspecified atom stereocenters. The van der Waals surface area contributed by atoms with Crippen molar-refractivity contribution in [2.45, 2.75) is 18.9 Å². The molecule has 104 valence electrons. The molecule has 1 atom stereocenters. The molecule has 0 fully saturated rings. The van der Waals surface area contributed by atoms with Crippen molar-refractivity contribution < 1.29 is 0 Å². The van der Waals surface area contributed by atoms with Crippen molar-refractivity contribution >= 4 is 32.4 Å². The van der Waals surface area contributed by atoms with Crippen LogP contribution in [0.5, 0.6) is 0 Å². The zero-order valence-corrected chi connectivity index (χ0v) is 13.1. The van der Waals surface area contributed by atoms with E-state index in [4.69, 9.17) is 0 Å². The summed E-state index contributed by atoms with van der Waals surface area (Å²) in [6.07, 6.45) is 6.06. The maximum absolute atomic E-state index is 4.20. The SMILES string of the molecule is Brc1ccc2c(c1)CCC2Nc1cccc2cnccc12. The fourth-order valence-electron chi connectivity index (χ4n) is 3.17. The second-order valence-corrected chi connectivity index (χ2v) is 6.40. The summed E-state index contributed by atoms with van der Waals surface area (Å²) in [5.74, 6) is 0. The quantitative estimate of drug-likeness (QED) is 0.703. The fourth-order valence-corrected chi connectivity index (χ4v) is 3.58. The molecule has 1 aliphatic rings. The minimum atomic E-state index is 0.395. The van der Waals surface area contributed by atoms with Gasteiger partial charge in [0.05, 0.1) is 6.04 Å². The lowest BCUT2D eigenvalue weighted by atomic mass is 10.1. The van der Waals surface area contributed by atoms with E-state index in [9.17, 15) is 0 Å². The molecule has 0 saturated carbocycles. The number of hydrogen-bond acceptors (Lipinski definition) is 2. The predicted molar refractivity (Wildman–Crippen MR) is 90.6 cm³/mol. The van der Waals surface area contributed by atoms with E-state index in [1.54, 1.807) is 0 Å². The number of hydrogen-bond donors (Lipinski definition) is 1. The summed E-state index contributed by atoms with van der Waals surface area (Å²) in [7, 11) is 0. The Morgan fingerprint density at radius 2 is 2.10 bits per heavy atom. The molecule has 3 heteroatoms. The van der Waals surface area contributed by atoms with Crippen LogP contribution in [0, 0.1) is 0 Å². The number of aromatic nitrogens is 1. The van der Waals surface area contributed by atoms with Crippen molar-refractivity contribution in [1.29, 1.82) is 0 Å². The number of nitrogens with one attached hydrogen (secondary N) is 1. The molecule has 0 radical (unpaired) electrons. The standard InChI is InChI=1S/C18H15BrN2/c19-14-5-6-15-12(10-14)4-7-18(15)21-17-3-1-2-13-11-20-9-8-16(13)17/h1-3,5-6,8-11,18,21H,4,7H2. The van der Waals surface area contributed by atoms with E-state index >= 15 is 0 Å². The van der Waals surface area contributed by atoms with Crippen molar-refractivity contribution in [1.82, 2.24) is 4.98 Å². The Morgan fingerprint density at radius 1 is 1.14 bits per heavy atom. The van der Waals surface area contributed by atoms with Crippen LogP contribution >= 0.6 is 15.9 Å². The Bertz CT molecular complexity index is 808. The maximum atomic E-state index is 4.20. The third-order valence-corrected chi connectivity index (χ3v) is 4.69. The average Bonchev–Trinajstić information content (AvgIpc) is 2.90. The highest BCUT2D eigenvalue weighted by Gasteiger charge is 2.22. The summed E-state index contributed by atoms with van der Waals surface area (Å²) in [6, 6.07) is 15.4. The second-order valence-electron chi connectivity index (χ2n) is 5.48. The van der Waals surface area contributed by atoms with E-state index in [0.29, 0.717) is 6.04 Å². The molecule has 0 aliphatic heterocycles. The van der Waals surface area contributed by atoms with Gasteiger partial charge in [-0.15, -0.1) is 0 Å². The maximum Gasteiger partial charge on any atom is 0.0519 e. The van der Waals surface area contributed by atoms with Crippen LogP contribution in [0.15, 0.2) is 59.3 Å². The zero-order chi connectivity index (χ0) is 14.2. The number of rotatable bonds is 2. The van der Waals surface area contributed by atoms with Gasteiger partial charge < -0.3 is 5.32 Å². The highest BCUT2D eigenvalue weighted by Crippen LogP contribution is 2.36. The van der Waals surface area contributed by atoms with E-state index in [1.165, 1.54) is 27.6 Å². The van der Waals surface area contributed by atoms with Gasteiger partial charge in [0.1, 0.15) is 0 Å². The number of benzene rings is 2. The molecule has 1 N–H and O–H groups in total. The van der Waals surface area contributed by atoms with Crippen molar-refractivity contribution in [3.8, 4) is 0 Å². The largest absolute Gasteiger partial charge is 0.378 e. The van der Waals surface area contributed by atoms with Gasteiger partial charge in [-0.05, 0) is 48.2 Å². The summed E-state index contributed by atoms with van der Waals surface area (Å²) in [6.45, 7) is 0. The monoisotopic (exact) mass is 338 g/mol. The Hall–Kier alpha value is -1.87. The van der Waals surface area contributed by atoms with Crippen LogP contribution < -0.4 is 5.32 Å². The zero-order valence-electron chi connectivity index (χ0n) is 11.5. The van der Waals surface area contributed by atoms with Crippen molar-refractivity contribution in [2.75, 3.05) is 5.32 Å². The molecule has 0 saturated heterocycles. The number of nitrogens with zero attached hydrogens (tertiary/aromatic N) is 1. The second kappa shape index (κ2) is 5.15. The number of pyridine rings is 1. The molecule has 0 bridgehead atoms. The van der Waals surface area contributed by atoms with Gasteiger partial charge in [0.2, 0.25) is 0 Å². The van der Waals surface area contributed by atoms with E-state index in [2.05, 4.69) is 68.7 Å². The summed E-state index contributed by atoms with van der Waals surface area (Å²) in [5, 5.41) is 6.13. The normalized spacial score (nSPS) is 16.9. The van der Waals surface area contributed by atoms with Crippen molar-refractivity contribution in [3.63, 3.8) is 0 Å². The van der Waals surface area contributed by atoms with Gasteiger partial charge in [0, 0.05) is 33.3 Å².